The summed E-state index contributed by atoms with van der Waals surface area (Å²) in [4.78, 5) is 8.63. The predicted octanol–water partition coefficient (Wildman–Crippen LogP) is 1.64. The number of hydrogen-bond donors (Lipinski definition) is 2. The highest BCUT2D eigenvalue weighted by molar-refractivity contribution is 6.00. The van der Waals surface area contributed by atoms with E-state index in [-0.39, 0.29) is 0 Å². The molecule has 3 aromatic heterocycles. The van der Waals surface area contributed by atoms with Crippen LogP contribution in [0.25, 0.3) is 22.1 Å². The first-order chi connectivity index (χ1) is 10.9. The molecule has 0 amide bonds. The molecule has 0 aliphatic heterocycles. The molecular formula is C15H20N6O. The summed E-state index contributed by atoms with van der Waals surface area (Å²) in [5, 5.41) is 12.2. The number of aromatic amines is 1. The molecule has 2 atom stereocenters. The molecule has 7 nitrogen and oxygen atoms in total. The first-order valence-electron chi connectivity index (χ1n) is 7.75. The van der Waals surface area contributed by atoms with E-state index >= 15 is 0 Å². The third-order valence-corrected chi connectivity index (χ3v) is 4.51. The SMILES string of the molecule is COCCN[C@@H]1CC[C@@H](n2[nH]nc3cnc4nccc4c32)C1. The maximum Gasteiger partial charge on any atom is 0.161 e. The molecular weight excluding hydrogens is 280 g/mol. The molecule has 3 heterocycles. The van der Waals surface area contributed by atoms with Crippen LogP contribution in [0.2, 0.25) is 0 Å². The molecule has 1 aliphatic carbocycles. The molecule has 22 heavy (non-hydrogen) atoms. The molecule has 7 heteroatoms. The number of nitrogens with one attached hydrogen (secondary N) is 2. The van der Waals surface area contributed by atoms with Gasteiger partial charge >= 0.3 is 0 Å². The summed E-state index contributed by atoms with van der Waals surface area (Å²) in [6.45, 7) is 1.66. The van der Waals surface area contributed by atoms with Gasteiger partial charge in [-0.2, -0.15) is 5.10 Å². The maximum absolute atomic E-state index is 5.10. The molecule has 2 N–H and O–H groups in total. The van der Waals surface area contributed by atoms with Crippen LogP contribution in [0.3, 0.4) is 0 Å². The van der Waals surface area contributed by atoms with E-state index in [1.54, 1.807) is 19.5 Å². The normalized spacial score (nSPS) is 22.0. The molecule has 4 rings (SSSR count). The Morgan fingerprint density at radius 1 is 1.41 bits per heavy atom. The lowest BCUT2D eigenvalue weighted by molar-refractivity contribution is 0.195. The summed E-state index contributed by atoms with van der Waals surface area (Å²) in [5.41, 5.74) is 2.80. The van der Waals surface area contributed by atoms with E-state index in [0.717, 1.165) is 48.1 Å². The van der Waals surface area contributed by atoms with Gasteiger partial charge in [-0.1, -0.05) is 0 Å². The largest absolute Gasteiger partial charge is 0.383 e. The lowest BCUT2D eigenvalue weighted by Crippen LogP contribution is -2.29. The summed E-state index contributed by atoms with van der Waals surface area (Å²) < 4.78 is 7.29. The van der Waals surface area contributed by atoms with Crippen LogP contribution in [0.15, 0.2) is 18.5 Å². The summed E-state index contributed by atoms with van der Waals surface area (Å²) in [5.74, 6) is 0. The van der Waals surface area contributed by atoms with Crippen molar-refractivity contribution in [2.24, 2.45) is 0 Å². The molecule has 116 valence electrons. The van der Waals surface area contributed by atoms with Gasteiger partial charge in [0.1, 0.15) is 5.52 Å². The van der Waals surface area contributed by atoms with Crippen molar-refractivity contribution in [1.82, 2.24) is 30.3 Å². The van der Waals surface area contributed by atoms with Crippen LogP contribution < -0.4 is 5.32 Å². The van der Waals surface area contributed by atoms with Gasteiger partial charge in [-0.3, -0.25) is 4.68 Å². The Hall–Kier alpha value is -1.99. The summed E-state index contributed by atoms with van der Waals surface area (Å²) >= 11 is 0. The Morgan fingerprint density at radius 3 is 3.27 bits per heavy atom. The van der Waals surface area contributed by atoms with Crippen molar-refractivity contribution in [3.63, 3.8) is 0 Å². The Labute approximate surface area is 128 Å². The van der Waals surface area contributed by atoms with Crippen LogP contribution in [0, 0.1) is 0 Å². The van der Waals surface area contributed by atoms with Crippen molar-refractivity contribution < 1.29 is 4.74 Å². The molecule has 1 aliphatic rings. The van der Waals surface area contributed by atoms with Gasteiger partial charge < -0.3 is 10.1 Å². The summed E-state index contributed by atoms with van der Waals surface area (Å²) in [6, 6.07) is 2.99. The fourth-order valence-corrected chi connectivity index (χ4v) is 3.44. The maximum atomic E-state index is 5.10. The highest BCUT2D eigenvalue weighted by atomic mass is 16.5. The highest BCUT2D eigenvalue weighted by Crippen LogP contribution is 2.33. The van der Waals surface area contributed by atoms with E-state index in [1.807, 2.05) is 6.07 Å². The molecule has 0 saturated heterocycles. The minimum Gasteiger partial charge on any atom is -0.383 e. The van der Waals surface area contributed by atoms with Crippen molar-refractivity contribution in [3.8, 4) is 0 Å². The second kappa shape index (κ2) is 5.66. The molecule has 0 spiro atoms. The summed E-state index contributed by atoms with van der Waals surface area (Å²) in [7, 11) is 1.74. The molecule has 0 bridgehead atoms. The third kappa shape index (κ3) is 2.26. The number of pyridine rings is 1. The first kappa shape index (κ1) is 13.7. The number of ether oxygens (including phenoxy) is 1. The van der Waals surface area contributed by atoms with Crippen molar-refractivity contribution >= 4 is 22.1 Å². The molecule has 0 unspecified atom stereocenters. The summed E-state index contributed by atoms with van der Waals surface area (Å²) in [6.07, 6.45) is 7.02. The molecule has 1 fully saturated rings. The lowest BCUT2D eigenvalue weighted by Gasteiger charge is -2.14. The average molecular weight is 300 g/mol. The van der Waals surface area contributed by atoms with Gasteiger partial charge in [0.05, 0.1) is 24.4 Å². The van der Waals surface area contributed by atoms with E-state index in [2.05, 4.69) is 30.3 Å². The van der Waals surface area contributed by atoms with Crippen LogP contribution in [0.4, 0.5) is 0 Å². The number of aromatic nitrogens is 5. The van der Waals surface area contributed by atoms with Crippen molar-refractivity contribution in [3.05, 3.63) is 18.5 Å². The second-order valence-corrected chi connectivity index (χ2v) is 5.87. The van der Waals surface area contributed by atoms with Crippen molar-refractivity contribution in [2.45, 2.75) is 31.3 Å². The van der Waals surface area contributed by atoms with E-state index in [1.165, 1.54) is 6.42 Å². The van der Waals surface area contributed by atoms with Crippen LogP contribution in [0.1, 0.15) is 25.3 Å². The van der Waals surface area contributed by atoms with E-state index < -0.39 is 0 Å². The number of rotatable bonds is 5. The van der Waals surface area contributed by atoms with Gasteiger partial charge in [0.2, 0.25) is 0 Å². The predicted molar refractivity (Wildman–Crippen MR) is 83.7 cm³/mol. The Kier molecular flexibility index (Phi) is 3.51. The lowest BCUT2D eigenvalue weighted by atomic mass is 10.2. The smallest absolute Gasteiger partial charge is 0.161 e. The minimum atomic E-state index is 0.436. The standard InChI is InChI=1S/C15H20N6O/c1-22-7-6-16-10-2-3-11(8-10)21-14-12-4-5-17-15(12)18-9-13(14)19-20-21/h4-5,9-11,16,20H,2-3,6-8H2,1H3/t10-,11-/m1/s1. The Bertz CT molecular complexity index is 779. The monoisotopic (exact) mass is 300 g/mol. The molecule has 3 aromatic rings. The highest BCUT2D eigenvalue weighted by Gasteiger charge is 2.27. The molecule has 1 saturated carbocycles. The molecule has 0 aromatic carbocycles. The molecule has 0 radical (unpaired) electrons. The average Bonchev–Trinajstić information content (AvgIpc) is 3.25. The fourth-order valence-electron chi connectivity index (χ4n) is 3.44. The van der Waals surface area contributed by atoms with Gasteiger partial charge in [0.25, 0.3) is 0 Å². The zero-order chi connectivity index (χ0) is 14.9. The first-order valence-corrected chi connectivity index (χ1v) is 7.75. The van der Waals surface area contributed by atoms with Crippen LogP contribution in [-0.2, 0) is 4.74 Å². The second-order valence-electron chi connectivity index (χ2n) is 5.87. The topological polar surface area (TPSA) is 80.6 Å². The number of H-pyrrole nitrogens is 1. The van der Waals surface area contributed by atoms with E-state index in [4.69, 9.17) is 4.74 Å². The zero-order valence-corrected chi connectivity index (χ0v) is 12.6. The third-order valence-electron chi connectivity index (χ3n) is 4.51. The van der Waals surface area contributed by atoms with Crippen LogP contribution in [0.5, 0.6) is 0 Å². The zero-order valence-electron chi connectivity index (χ0n) is 12.6. The van der Waals surface area contributed by atoms with Gasteiger partial charge in [-0.25, -0.2) is 15.2 Å². The minimum absolute atomic E-state index is 0.436. The van der Waals surface area contributed by atoms with E-state index in [9.17, 15) is 0 Å². The Morgan fingerprint density at radius 2 is 2.36 bits per heavy atom. The van der Waals surface area contributed by atoms with E-state index in [0.29, 0.717) is 12.1 Å². The Balaban J connectivity index is 1.60. The van der Waals surface area contributed by atoms with Gasteiger partial charge in [-0.05, 0) is 25.3 Å². The number of fused-ring (bicyclic) bond motifs is 3. The van der Waals surface area contributed by atoms with Crippen molar-refractivity contribution in [1.29, 1.82) is 0 Å². The van der Waals surface area contributed by atoms with Crippen molar-refractivity contribution in [2.75, 3.05) is 20.3 Å². The number of nitrogens with zero attached hydrogens (tertiary/aromatic N) is 4. The fraction of sp³-hybridized carbons (Fsp3) is 0.533. The number of hydrogen-bond acceptors (Lipinski definition) is 5. The van der Waals surface area contributed by atoms with Gasteiger partial charge in [0, 0.05) is 31.3 Å². The quantitative estimate of drug-likeness (QED) is 0.700. The van der Waals surface area contributed by atoms with Gasteiger partial charge in [-0.15, -0.1) is 0 Å². The van der Waals surface area contributed by atoms with Crippen LogP contribution >= 0.6 is 0 Å². The number of methoxy groups -OCH3 is 1. The van der Waals surface area contributed by atoms with Crippen LogP contribution in [-0.4, -0.2) is 51.3 Å². The van der Waals surface area contributed by atoms with Gasteiger partial charge in [0.15, 0.2) is 5.65 Å².